The molecule has 0 bridgehead atoms. The van der Waals surface area contributed by atoms with Crippen molar-refractivity contribution in [1.82, 2.24) is 4.90 Å². The first-order chi connectivity index (χ1) is 5.22. The zero-order valence-corrected chi connectivity index (χ0v) is 15.2. The Hall–Kier alpha value is 1.57. The van der Waals surface area contributed by atoms with Gasteiger partial charge in [0, 0.05) is 12.4 Å². The van der Waals surface area contributed by atoms with Gasteiger partial charge in [-0.05, 0) is 13.0 Å². The molecule has 0 rings (SSSR count). The van der Waals surface area contributed by atoms with Gasteiger partial charge in [-0.3, -0.25) is 0 Å². The van der Waals surface area contributed by atoms with E-state index in [0.29, 0.717) is 5.88 Å². The van der Waals surface area contributed by atoms with Crippen molar-refractivity contribution >= 4 is 36.9 Å². The van der Waals surface area contributed by atoms with Gasteiger partial charge in [0.15, 0.2) is 0 Å². The normalized spacial score (nSPS) is 7.88. The van der Waals surface area contributed by atoms with Crippen LogP contribution in [0.1, 0.15) is 19.8 Å². The molecule has 0 aliphatic rings. The number of hydrogen-bond donors (Lipinski definition) is 0. The Kier molecular flexibility index (Phi) is 57.3. The SMILES string of the molecule is CCCCN(CCCl)C([S-])[S-].[CH3-].[CH3-].[CH3-].[CH3-].[Ru+6]. The number of alkyl halides is 1. The van der Waals surface area contributed by atoms with Crippen LogP contribution in [-0.2, 0) is 44.7 Å². The molecule has 5 heteroatoms. The standard InChI is InChI=1S/C7H16ClNS2.4CH3.Ru/c1-2-3-5-9(6-4-8)7(10)11;;;;;/h7,10-11H,2-6H2,1H3;4*1H3;/q;4*-1;+6/p-2. The van der Waals surface area contributed by atoms with E-state index in [1.54, 1.807) is 0 Å². The monoisotopic (exact) mass is 373 g/mol. The van der Waals surface area contributed by atoms with Crippen molar-refractivity contribution < 1.29 is 19.5 Å². The van der Waals surface area contributed by atoms with E-state index >= 15 is 0 Å². The second-order valence-electron chi connectivity index (χ2n) is 2.39. The van der Waals surface area contributed by atoms with Crippen LogP contribution in [0.4, 0.5) is 0 Å². The van der Waals surface area contributed by atoms with Gasteiger partial charge in [0.05, 0.1) is 0 Å². The molecule has 0 aromatic heterocycles. The first kappa shape index (κ1) is 36.0. The molecule has 0 unspecified atom stereocenters. The van der Waals surface area contributed by atoms with E-state index < -0.39 is 0 Å². The van der Waals surface area contributed by atoms with Crippen molar-refractivity contribution in [2.75, 3.05) is 19.0 Å². The van der Waals surface area contributed by atoms with Gasteiger partial charge in [-0.1, -0.05) is 13.3 Å². The Morgan fingerprint density at radius 1 is 1.06 bits per heavy atom. The number of rotatable bonds is 6. The summed E-state index contributed by atoms with van der Waals surface area (Å²) in [5.41, 5.74) is 0. The van der Waals surface area contributed by atoms with Crippen LogP contribution in [0.2, 0.25) is 0 Å². The van der Waals surface area contributed by atoms with Gasteiger partial charge in [-0.25, -0.2) is 4.71 Å². The van der Waals surface area contributed by atoms with Gasteiger partial charge in [-0.2, -0.15) is 0 Å². The summed E-state index contributed by atoms with van der Waals surface area (Å²) in [6, 6.07) is 0. The minimum Gasteiger partial charge on any atom is -0.800 e. The Morgan fingerprint density at radius 3 is 1.75 bits per heavy atom. The molecule has 0 aromatic carbocycles. The van der Waals surface area contributed by atoms with E-state index in [0.717, 1.165) is 19.5 Å². The summed E-state index contributed by atoms with van der Waals surface area (Å²) in [5, 5.41) is 0. The van der Waals surface area contributed by atoms with Crippen LogP contribution < -0.4 is 0 Å². The van der Waals surface area contributed by atoms with Crippen molar-refractivity contribution in [3.63, 3.8) is 0 Å². The molecule has 0 saturated heterocycles. The average Bonchev–Trinajstić information content (AvgIpc) is 1.97. The number of hydrogen-bond acceptors (Lipinski definition) is 3. The minimum atomic E-state index is -0.194. The molecule has 0 aromatic rings. The Morgan fingerprint density at radius 2 is 1.50 bits per heavy atom. The summed E-state index contributed by atoms with van der Waals surface area (Å²) in [7, 11) is 0. The third-order valence-electron chi connectivity index (χ3n) is 1.47. The fourth-order valence-corrected chi connectivity index (χ4v) is 1.43. The maximum absolute atomic E-state index is 5.59. The summed E-state index contributed by atoms with van der Waals surface area (Å²) in [5.74, 6) is 0.619. The predicted octanol–water partition coefficient (Wildman–Crippen LogP) is 3.50. The summed E-state index contributed by atoms with van der Waals surface area (Å²) >= 11 is 15.5. The van der Waals surface area contributed by atoms with E-state index in [1.807, 2.05) is 0 Å². The third kappa shape index (κ3) is 20.9. The van der Waals surface area contributed by atoms with Gasteiger partial charge in [0.2, 0.25) is 0 Å². The summed E-state index contributed by atoms with van der Waals surface area (Å²) in [4.78, 5) is 2.06. The molecule has 0 spiro atoms. The largest absolute Gasteiger partial charge is 6.00 e. The number of unbranched alkanes of at least 4 members (excludes halogenated alkanes) is 1. The summed E-state index contributed by atoms with van der Waals surface area (Å²) in [6.45, 7) is 3.96. The molecular weight excluding hydrogens is 347 g/mol. The van der Waals surface area contributed by atoms with Crippen molar-refractivity contribution in [3.05, 3.63) is 29.7 Å². The molecule has 16 heavy (non-hydrogen) atoms. The molecule has 0 fully saturated rings. The second-order valence-corrected chi connectivity index (χ2v) is 3.95. The molecular formula is C11H26ClNRuS2. The fourth-order valence-electron chi connectivity index (χ4n) is 0.792. The van der Waals surface area contributed by atoms with Gasteiger partial charge in [-0.15, -0.1) is 11.6 Å². The van der Waals surface area contributed by atoms with E-state index in [2.05, 4.69) is 11.8 Å². The van der Waals surface area contributed by atoms with Crippen molar-refractivity contribution in [2.24, 2.45) is 0 Å². The van der Waals surface area contributed by atoms with Crippen molar-refractivity contribution in [3.8, 4) is 0 Å². The van der Waals surface area contributed by atoms with Crippen LogP contribution in [0.25, 0.3) is 0 Å². The van der Waals surface area contributed by atoms with Crippen LogP contribution in [-0.4, -0.2) is 28.6 Å². The van der Waals surface area contributed by atoms with Gasteiger partial charge >= 0.3 is 19.5 Å². The van der Waals surface area contributed by atoms with E-state index in [-0.39, 0.29) is 53.9 Å². The van der Waals surface area contributed by atoms with Crippen LogP contribution in [0.3, 0.4) is 0 Å². The molecule has 0 radical (unpaired) electrons. The Bertz CT molecular complexity index is 98.1. The van der Waals surface area contributed by atoms with Crippen molar-refractivity contribution in [1.29, 1.82) is 0 Å². The molecule has 0 saturated carbocycles. The maximum atomic E-state index is 5.59. The van der Waals surface area contributed by atoms with Crippen LogP contribution in [0.5, 0.6) is 0 Å². The minimum absolute atomic E-state index is 0. The van der Waals surface area contributed by atoms with Crippen LogP contribution in [0, 0.1) is 29.7 Å². The second kappa shape index (κ2) is 25.4. The molecule has 0 aliphatic heterocycles. The molecule has 1 nitrogen and oxygen atoms in total. The van der Waals surface area contributed by atoms with Crippen molar-refractivity contribution in [2.45, 2.75) is 24.5 Å². The molecule has 0 aliphatic carbocycles. The average molecular weight is 373 g/mol. The van der Waals surface area contributed by atoms with Crippen LogP contribution >= 0.6 is 11.6 Å². The van der Waals surface area contributed by atoms with E-state index in [4.69, 9.17) is 36.9 Å². The Balaban J connectivity index is -0.0000000500. The molecule has 0 heterocycles. The van der Waals surface area contributed by atoms with Gasteiger partial charge in [0.25, 0.3) is 0 Å². The number of halogens is 1. The summed E-state index contributed by atoms with van der Waals surface area (Å²) < 4.78 is -0.194. The maximum Gasteiger partial charge on any atom is 6.00 e. The number of nitrogens with zero attached hydrogens (tertiary/aromatic N) is 1. The van der Waals surface area contributed by atoms with Crippen LogP contribution in [0.15, 0.2) is 0 Å². The fraction of sp³-hybridized carbons (Fsp3) is 0.636. The van der Waals surface area contributed by atoms with Gasteiger partial charge < -0.3 is 59.9 Å². The predicted molar refractivity (Wildman–Crippen MR) is 81.4 cm³/mol. The molecule has 0 amide bonds. The molecule has 102 valence electrons. The quantitative estimate of drug-likeness (QED) is 0.304. The summed E-state index contributed by atoms with van der Waals surface area (Å²) in [6.07, 6.45) is 2.33. The smallest absolute Gasteiger partial charge is 0.800 e. The van der Waals surface area contributed by atoms with E-state index in [9.17, 15) is 0 Å². The first-order valence-electron chi connectivity index (χ1n) is 3.84. The zero-order chi connectivity index (χ0) is 8.69. The molecule has 0 N–H and O–H groups in total. The topological polar surface area (TPSA) is 3.24 Å². The zero-order valence-electron chi connectivity index (χ0n) is 11.1. The third-order valence-corrected chi connectivity index (χ3v) is 2.23. The molecule has 0 atom stereocenters. The van der Waals surface area contributed by atoms with Gasteiger partial charge in [0.1, 0.15) is 0 Å². The Labute approximate surface area is 134 Å². The van der Waals surface area contributed by atoms with E-state index in [1.165, 1.54) is 6.42 Å². The first-order valence-corrected chi connectivity index (χ1v) is 5.31.